The molecule has 6 unspecified atom stereocenters. The third kappa shape index (κ3) is 30.9. The first-order chi connectivity index (χ1) is 29.2. The molecule has 0 spiro atoms. The van der Waals surface area contributed by atoms with Crippen LogP contribution in [-0.4, -0.2) is 88.4 Å². The van der Waals surface area contributed by atoms with Crippen LogP contribution < -0.4 is 0 Å². The highest BCUT2D eigenvalue weighted by Gasteiger charge is 2.47. The molecule has 0 aromatic rings. The molecule has 1 fully saturated rings. The minimum atomic E-state index is -1.86. The van der Waals surface area contributed by atoms with Crippen molar-refractivity contribution >= 4 is 17.9 Å². The summed E-state index contributed by atoms with van der Waals surface area (Å²) in [5, 5.41) is 39.9. The summed E-state index contributed by atoms with van der Waals surface area (Å²) >= 11 is 0. The topological polar surface area (TPSA) is 169 Å². The zero-order valence-corrected chi connectivity index (χ0v) is 38.2. The van der Waals surface area contributed by atoms with Gasteiger partial charge in [-0.25, -0.2) is 4.79 Å². The van der Waals surface area contributed by atoms with Gasteiger partial charge in [0.2, 0.25) is 0 Å². The average Bonchev–Trinajstić information content (AvgIpc) is 3.23. The Labute approximate surface area is 365 Å². The lowest BCUT2D eigenvalue weighted by Crippen LogP contribution is -2.60. The van der Waals surface area contributed by atoms with Gasteiger partial charge in [0.05, 0.1) is 6.61 Å². The molecule has 11 nitrogen and oxygen atoms in total. The smallest absolute Gasteiger partial charge is 0.335 e. The molecule has 11 heteroatoms. The van der Waals surface area contributed by atoms with Crippen LogP contribution in [0.15, 0.2) is 12.2 Å². The molecule has 0 aromatic heterocycles. The molecule has 0 bridgehead atoms. The molecule has 352 valence electrons. The summed E-state index contributed by atoms with van der Waals surface area (Å²) in [5.74, 6) is -2.43. The molecular weight excluding hydrogens is 765 g/mol. The number of carboxylic acid groups (broad SMARTS) is 1. The van der Waals surface area contributed by atoms with Gasteiger partial charge in [-0.3, -0.25) is 9.59 Å². The lowest BCUT2D eigenvalue weighted by atomic mass is 9.99. The predicted octanol–water partition coefficient (Wildman–Crippen LogP) is 11.2. The lowest BCUT2D eigenvalue weighted by Gasteiger charge is -2.38. The summed E-state index contributed by atoms with van der Waals surface area (Å²) in [7, 11) is 0. The molecule has 0 aliphatic carbocycles. The summed E-state index contributed by atoms with van der Waals surface area (Å²) in [4.78, 5) is 36.9. The van der Waals surface area contributed by atoms with Crippen LogP contribution in [0.25, 0.3) is 0 Å². The zero-order valence-electron chi connectivity index (χ0n) is 38.2. The maximum atomic E-state index is 12.8. The van der Waals surface area contributed by atoms with Crippen LogP contribution in [0.2, 0.25) is 0 Å². The number of carboxylic acids is 1. The van der Waals surface area contributed by atoms with Crippen LogP contribution in [0.3, 0.4) is 0 Å². The number of aliphatic carboxylic acids is 1. The van der Waals surface area contributed by atoms with Gasteiger partial charge < -0.3 is 39.4 Å². The van der Waals surface area contributed by atoms with E-state index in [4.69, 9.17) is 18.9 Å². The van der Waals surface area contributed by atoms with E-state index in [1.165, 1.54) is 148 Å². The fourth-order valence-corrected chi connectivity index (χ4v) is 7.70. The van der Waals surface area contributed by atoms with Crippen molar-refractivity contribution in [1.82, 2.24) is 0 Å². The number of carbonyl (C=O) groups excluding carboxylic acids is 2. The fraction of sp³-hybridized carbons (Fsp3) is 0.898. The number of aliphatic hydroxyl groups is 3. The summed E-state index contributed by atoms with van der Waals surface area (Å²) < 4.78 is 21.8. The van der Waals surface area contributed by atoms with Crippen LogP contribution >= 0.6 is 0 Å². The second-order valence-corrected chi connectivity index (χ2v) is 17.3. The highest BCUT2D eigenvalue weighted by atomic mass is 16.7. The van der Waals surface area contributed by atoms with Gasteiger partial charge in [-0.2, -0.15) is 0 Å². The molecule has 0 aromatic carbocycles. The first-order valence-corrected chi connectivity index (χ1v) is 24.7. The van der Waals surface area contributed by atoms with Crippen molar-refractivity contribution in [3.63, 3.8) is 0 Å². The van der Waals surface area contributed by atoms with Crippen LogP contribution in [0, 0.1) is 0 Å². The Kier molecular flexibility index (Phi) is 37.1. The van der Waals surface area contributed by atoms with Gasteiger partial charge in [-0.05, 0) is 38.5 Å². The van der Waals surface area contributed by atoms with Gasteiger partial charge in [0.1, 0.15) is 24.9 Å². The van der Waals surface area contributed by atoms with Crippen LogP contribution in [0.4, 0.5) is 0 Å². The second-order valence-electron chi connectivity index (χ2n) is 17.3. The number of unbranched alkanes of at least 4 members (excludes halogenated alkanes) is 29. The van der Waals surface area contributed by atoms with Gasteiger partial charge >= 0.3 is 17.9 Å². The summed E-state index contributed by atoms with van der Waals surface area (Å²) in [6.07, 6.45) is 34.0. The van der Waals surface area contributed by atoms with Crippen LogP contribution in [-0.2, 0) is 33.3 Å². The first kappa shape index (κ1) is 56.0. The summed E-state index contributed by atoms with van der Waals surface area (Å²) in [6, 6.07) is 0. The Morgan fingerprint density at radius 1 is 0.500 bits per heavy atom. The van der Waals surface area contributed by atoms with Crippen molar-refractivity contribution in [1.29, 1.82) is 0 Å². The highest BCUT2D eigenvalue weighted by Crippen LogP contribution is 2.23. The number of rotatable bonds is 42. The standard InChI is InChI=1S/C49H90O11/c1-3-5-7-9-11-13-15-17-19-21-22-24-25-27-29-31-33-35-37-42(50)57-39-41(40-58-49-46(54)44(52)45(53)47(60-49)48(55)56)59-43(51)38-36-34-32-30-28-26-23-20-18-16-14-12-10-8-6-4-2/h19,21,41,44-47,49,52-54H,3-18,20,22-40H2,1-2H3,(H,55,56)/b21-19-. The average molecular weight is 855 g/mol. The van der Waals surface area contributed by atoms with Gasteiger partial charge in [0.25, 0.3) is 0 Å². The van der Waals surface area contributed by atoms with E-state index in [0.717, 1.165) is 44.9 Å². The number of hydrogen-bond acceptors (Lipinski definition) is 10. The third-order valence-electron chi connectivity index (χ3n) is 11.6. The molecule has 6 atom stereocenters. The number of hydrogen-bond donors (Lipinski definition) is 4. The third-order valence-corrected chi connectivity index (χ3v) is 11.6. The van der Waals surface area contributed by atoms with Gasteiger partial charge in [-0.1, -0.05) is 193 Å². The molecule has 0 amide bonds. The first-order valence-electron chi connectivity index (χ1n) is 24.7. The van der Waals surface area contributed by atoms with Crippen molar-refractivity contribution in [2.75, 3.05) is 13.2 Å². The number of carbonyl (C=O) groups is 3. The molecule has 60 heavy (non-hydrogen) atoms. The second kappa shape index (κ2) is 39.8. The van der Waals surface area contributed by atoms with Crippen molar-refractivity contribution in [2.45, 2.75) is 269 Å². The number of esters is 2. The normalized spacial score (nSPS) is 19.8. The lowest BCUT2D eigenvalue weighted by molar-refractivity contribution is -0.298. The molecule has 1 aliphatic heterocycles. The van der Waals surface area contributed by atoms with Gasteiger partial charge in [0.15, 0.2) is 18.5 Å². The minimum Gasteiger partial charge on any atom is -0.479 e. The maximum Gasteiger partial charge on any atom is 0.335 e. The van der Waals surface area contributed by atoms with Crippen molar-refractivity contribution in [2.24, 2.45) is 0 Å². The molecule has 1 rings (SSSR count). The van der Waals surface area contributed by atoms with E-state index < -0.39 is 54.7 Å². The maximum absolute atomic E-state index is 12.8. The van der Waals surface area contributed by atoms with E-state index in [0.29, 0.717) is 12.8 Å². The molecule has 0 radical (unpaired) electrons. The Hall–Kier alpha value is -2.05. The van der Waals surface area contributed by atoms with Gasteiger partial charge in [-0.15, -0.1) is 0 Å². The predicted molar refractivity (Wildman–Crippen MR) is 239 cm³/mol. The Morgan fingerprint density at radius 3 is 1.30 bits per heavy atom. The molecule has 1 heterocycles. The largest absolute Gasteiger partial charge is 0.479 e. The van der Waals surface area contributed by atoms with Gasteiger partial charge in [0, 0.05) is 12.8 Å². The van der Waals surface area contributed by atoms with Crippen molar-refractivity contribution < 1.29 is 53.8 Å². The van der Waals surface area contributed by atoms with Crippen molar-refractivity contribution in [3.8, 4) is 0 Å². The van der Waals surface area contributed by atoms with E-state index in [-0.39, 0.29) is 26.1 Å². The Bertz CT molecular complexity index is 1050. The van der Waals surface area contributed by atoms with Crippen molar-refractivity contribution in [3.05, 3.63) is 12.2 Å². The zero-order chi connectivity index (χ0) is 43.9. The number of aliphatic hydroxyl groups excluding tert-OH is 3. The Morgan fingerprint density at radius 2 is 0.883 bits per heavy atom. The highest BCUT2D eigenvalue weighted by molar-refractivity contribution is 5.73. The number of ether oxygens (including phenoxy) is 4. The summed E-state index contributed by atoms with van der Waals surface area (Å²) in [6.45, 7) is 3.84. The van der Waals surface area contributed by atoms with E-state index in [1.807, 2.05) is 0 Å². The van der Waals surface area contributed by atoms with E-state index in [2.05, 4.69) is 26.0 Å². The van der Waals surface area contributed by atoms with Crippen LogP contribution in [0.5, 0.6) is 0 Å². The quantitative estimate of drug-likeness (QED) is 0.0262. The molecule has 1 aliphatic rings. The summed E-state index contributed by atoms with van der Waals surface area (Å²) in [5.41, 5.74) is 0. The van der Waals surface area contributed by atoms with Crippen LogP contribution in [0.1, 0.15) is 232 Å². The Balaban J connectivity index is 2.31. The molecular formula is C49H90O11. The monoisotopic (exact) mass is 855 g/mol. The molecule has 0 saturated carbocycles. The van der Waals surface area contributed by atoms with E-state index >= 15 is 0 Å². The molecule has 4 N–H and O–H groups in total. The fourth-order valence-electron chi connectivity index (χ4n) is 7.70. The van der Waals surface area contributed by atoms with E-state index in [1.54, 1.807) is 0 Å². The van der Waals surface area contributed by atoms with E-state index in [9.17, 15) is 34.8 Å². The molecule has 1 saturated heterocycles. The minimum absolute atomic E-state index is 0.188. The SMILES string of the molecule is CCCCCCCCC/C=C\CCCCCCCCCC(=O)OCC(COC1OC(C(=O)O)C(O)C(O)C1O)OC(=O)CCCCCCCCCCCCCCCCCC. The number of allylic oxidation sites excluding steroid dienone is 2.